The second kappa shape index (κ2) is 6.18. The molecule has 0 fully saturated rings. The molecule has 1 aliphatic rings. The van der Waals surface area contributed by atoms with Gasteiger partial charge in [0, 0.05) is 13.1 Å². The lowest BCUT2D eigenvalue weighted by Crippen LogP contribution is -2.20. The summed E-state index contributed by atoms with van der Waals surface area (Å²) in [6.07, 6.45) is 1.44. The van der Waals surface area contributed by atoms with Gasteiger partial charge in [0.15, 0.2) is 0 Å². The summed E-state index contributed by atoms with van der Waals surface area (Å²) in [7, 11) is 0. The van der Waals surface area contributed by atoms with E-state index in [9.17, 15) is 0 Å². The largest absolute Gasteiger partial charge is 0.489 e. The van der Waals surface area contributed by atoms with E-state index in [0.717, 1.165) is 36.1 Å². The molecule has 0 spiro atoms. The number of rotatable bonds is 4. The lowest BCUT2D eigenvalue weighted by molar-refractivity contribution is 0.243. The lowest BCUT2D eigenvalue weighted by Gasteiger charge is -2.17. The fourth-order valence-corrected chi connectivity index (χ4v) is 2.62. The molecule has 1 aromatic carbocycles. The summed E-state index contributed by atoms with van der Waals surface area (Å²) in [5.74, 6) is 2.35. The third-order valence-corrected chi connectivity index (χ3v) is 3.34. The lowest BCUT2D eigenvalue weighted by atomic mass is 9.97. The van der Waals surface area contributed by atoms with Crippen molar-refractivity contribution in [2.75, 3.05) is 23.7 Å². The van der Waals surface area contributed by atoms with Gasteiger partial charge in [-0.15, -0.1) is 0 Å². The van der Waals surface area contributed by atoms with E-state index in [4.69, 9.17) is 4.74 Å². The third kappa shape index (κ3) is 3.79. The molecule has 3 nitrogen and oxygen atoms in total. The number of hydrogen-bond donors (Lipinski definition) is 2. The van der Waals surface area contributed by atoms with Gasteiger partial charge < -0.3 is 15.4 Å². The van der Waals surface area contributed by atoms with Crippen molar-refractivity contribution in [3.8, 4) is 5.75 Å². The number of hydrogen-bond acceptors (Lipinski definition) is 3. The molecule has 0 saturated carbocycles. The Labute approximate surface area is 116 Å². The first-order valence-corrected chi connectivity index (χ1v) is 7.33. The summed E-state index contributed by atoms with van der Waals surface area (Å²) >= 11 is 0. The monoisotopic (exact) mass is 262 g/mol. The van der Waals surface area contributed by atoms with Gasteiger partial charge in [0.05, 0.1) is 11.8 Å². The first kappa shape index (κ1) is 14.0. The van der Waals surface area contributed by atoms with E-state index in [0.29, 0.717) is 5.92 Å². The first-order valence-electron chi connectivity index (χ1n) is 7.33. The average Bonchev–Trinajstić information content (AvgIpc) is 2.52. The van der Waals surface area contributed by atoms with E-state index in [1.54, 1.807) is 0 Å². The van der Waals surface area contributed by atoms with Crippen LogP contribution in [0, 0.1) is 11.8 Å². The molecule has 2 rings (SSSR count). The molecule has 0 radical (unpaired) electrons. The molecule has 0 amide bonds. The summed E-state index contributed by atoms with van der Waals surface area (Å²) in [4.78, 5) is 0. The van der Waals surface area contributed by atoms with Crippen LogP contribution in [0.15, 0.2) is 18.2 Å². The standard InChI is InChI=1S/C16H26N2O/c1-11(2)8-13-9-17-14-6-5-7-15(19-12(3)4)16(14)18-10-13/h5-7,11-13,17-18H,8-10H2,1-4H3. The molecule has 1 aromatic rings. The highest BCUT2D eigenvalue weighted by atomic mass is 16.5. The smallest absolute Gasteiger partial charge is 0.144 e. The van der Waals surface area contributed by atoms with Gasteiger partial charge in [-0.05, 0) is 44.2 Å². The Morgan fingerprint density at radius 1 is 1.16 bits per heavy atom. The predicted molar refractivity (Wildman–Crippen MR) is 82.1 cm³/mol. The summed E-state index contributed by atoms with van der Waals surface area (Å²) in [6, 6.07) is 6.21. The molecule has 1 atom stereocenters. The van der Waals surface area contributed by atoms with Gasteiger partial charge in [-0.1, -0.05) is 19.9 Å². The number of nitrogens with one attached hydrogen (secondary N) is 2. The van der Waals surface area contributed by atoms with E-state index in [-0.39, 0.29) is 6.10 Å². The van der Waals surface area contributed by atoms with Crippen LogP contribution in [-0.2, 0) is 0 Å². The van der Waals surface area contributed by atoms with Crippen LogP contribution in [-0.4, -0.2) is 19.2 Å². The van der Waals surface area contributed by atoms with Crippen LogP contribution in [0.3, 0.4) is 0 Å². The highest BCUT2D eigenvalue weighted by Gasteiger charge is 2.19. The summed E-state index contributed by atoms with van der Waals surface area (Å²) < 4.78 is 5.88. The van der Waals surface area contributed by atoms with Crippen molar-refractivity contribution in [1.29, 1.82) is 0 Å². The minimum absolute atomic E-state index is 0.197. The third-order valence-electron chi connectivity index (χ3n) is 3.34. The van der Waals surface area contributed by atoms with Crippen molar-refractivity contribution >= 4 is 11.4 Å². The molecule has 1 unspecified atom stereocenters. The maximum absolute atomic E-state index is 5.88. The van der Waals surface area contributed by atoms with Gasteiger partial charge in [0.25, 0.3) is 0 Å². The van der Waals surface area contributed by atoms with E-state index >= 15 is 0 Å². The predicted octanol–water partition coefficient (Wildman–Crippen LogP) is 3.97. The quantitative estimate of drug-likeness (QED) is 0.861. The Hall–Kier alpha value is -1.38. The maximum atomic E-state index is 5.88. The van der Waals surface area contributed by atoms with Gasteiger partial charge in [-0.2, -0.15) is 0 Å². The Balaban J connectivity index is 2.13. The second-order valence-electron chi connectivity index (χ2n) is 6.10. The maximum Gasteiger partial charge on any atom is 0.144 e. The number of para-hydroxylation sites is 1. The fourth-order valence-electron chi connectivity index (χ4n) is 2.62. The van der Waals surface area contributed by atoms with Crippen LogP contribution < -0.4 is 15.4 Å². The van der Waals surface area contributed by atoms with Crippen molar-refractivity contribution in [1.82, 2.24) is 0 Å². The van der Waals surface area contributed by atoms with Crippen LogP contribution in [0.5, 0.6) is 5.75 Å². The van der Waals surface area contributed by atoms with Gasteiger partial charge in [-0.25, -0.2) is 0 Å². The van der Waals surface area contributed by atoms with Crippen molar-refractivity contribution < 1.29 is 4.74 Å². The molecule has 3 heteroatoms. The fraction of sp³-hybridized carbons (Fsp3) is 0.625. The molecule has 1 heterocycles. The summed E-state index contributed by atoms with van der Waals surface area (Å²) in [5.41, 5.74) is 2.27. The Morgan fingerprint density at radius 3 is 2.58 bits per heavy atom. The van der Waals surface area contributed by atoms with Crippen molar-refractivity contribution in [3.63, 3.8) is 0 Å². The Bertz CT molecular complexity index is 415. The van der Waals surface area contributed by atoms with Gasteiger partial charge >= 0.3 is 0 Å². The summed E-state index contributed by atoms with van der Waals surface area (Å²) in [5, 5.41) is 7.12. The molecule has 0 saturated heterocycles. The number of fused-ring (bicyclic) bond motifs is 1. The van der Waals surface area contributed by atoms with Crippen molar-refractivity contribution in [2.45, 2.75) is 40.2 Å². The van der Waals surface area contributed by atoms with Crippen LogP contribution in [0.25, 0.3) is 0 Å². The zero-order valence-electron chi connectivity index (χ0n) is 12.5. The minimum Gasteiger partial charge on any atom is -0.489 e. The molecular weight excluding hydrogens is 236 g/mol. The molecule has 19 heavy (non-hydrogen) atoms. The van der Waals surface area contributed by atoms with E-state index in [1.807, 2.05) is 12.1 Å². The highest BCUT2D eigenvalue weighted by Crippen LogP contribution is 2.35. The van der Waals surface area contributed by atoms with Crippen molar-refractivity contribution in [2.24, 2.45) is 11.8 Å². The Morgan fingerprint density at radius 2 is 1.89 bits per heavy atom. The number of ether oxygens (including phenoxy) is 1. The molecule has 0 aromatic heterocycles. The van der Waals surface area contributed by atoms with Crippen molar-refractivity contribution in [3.05, 3.63) is 18.2 Å². The SMILES string of the molecule is CC(C)CC1CNc2cccc(OC(C)C)c2NC1. The molecule has 0 bridgehead atoms. The molecular formula is C16H26N2O. The average molecular weight is 262 g/mol. The molecule has 2 N–H and O–H groups in total. The van der Waals surface area contributed by atoms with Crippen LogP contribution >= 0.6 is 0 Å². The molecule has 106 valence electrons. The topological polar surface area (TPSA) is 33.3 Å². The van der Waals surface area contributed by atoms with Gasteiger partial charge in [0.1, 0.15) is 11.4 Å². The number of anilines is 2. The summed E-state index contributed by atoms with van der Waals surface area (Å²) in [6.45, 7) is 10.7. The van der Waals surface area contributed by atoms with Crippen LogP contribution in [0.1, 0.15) is 34.1 Å². The molecule has 1 aliphatic heterocycles. The van der Waals surface area contributed by atoms with Gasteiger partial charge in [0.2, 0.25) is 0 Å². The normalized spacial score (nSPS) is 18.5. The minimum atomic E-state index is 0.197. The van der Waals surface area contributed by atoms with Crippen LogP contribution in [0.4, 0.5) is 11.4 Å². The van der Waals surface area contributed by atoms with E-state index in [2.05, 4.69) is 44.4 Å². The second-order valence-corrected chi connectivity index (χ2v) is 6.10. The molecule has 0 aliphatic carbocycles. The zero-order chi connectivity index (χ0) is 13.8. The first-order chi connectivity index (χ1) is 9.06. The Kier molecular flexibility index (Phi) is 4.56. The highest BCUT2D eigenvalue weighted by molar-refractivity contribution is 5.76. The number of benzene rings is 1. The van der Waals surface area contributed by atoms with Gasteiger partial charge in [-0.3, -0.25) is 0 Å². The van der Waals surface area contributed by atoms with Crippen LogP contribution in [0.2, 0.25) is 0 Å². The van der Waals surface area contributed by atoms with E-state index in [1.165, 1.54) is 6.42 Å². The van der Waals surface area contributed by atoms with E-state index < -0.39 is 0 Å². The zero-order valence-corrected chi connectivity index (χ0v) is 12.5.